The molecule has 0 aliphatic carbocycles. The van der Waals surface area contributed by atoms with Crippen LogP contribution in [0.15, 0.2) is 29.4 Å². The molecule has 0 saturated carbocycles. The molecule has 3 N–H and O–H groups in total. The number of oxime groups is 1. The van der Waals surface area contributed by atoms with Gasteiger partial charge < -0.3 is 15.7 Å². The van der Waals surface area contributed by atoms with Gasteiger partial charge in [0.25, 0.3) is 0 Å². The van der Waals surface area contributed by atoms with Crippen LogP contribution in [0.4, 0.5) is 8.78 Å². The lowest BCUT2D eigenvalue weighted by atomic mass is 10.1. The monoisotopic (exact) mass is 293 g/mol. The molecule has 0 aliphatic rings. The fourth-order valence-corrected chi connectivity index (χ4v) is 1.91. The topological polar surface area (TPSA) is 80.7 Å². The van der Waals surface area contributed by atoms with E-state index in [1.807, 2.05) is 0 Å². The number of halogens is 2. The van der Waals surface area contributed by atoms with E-state index < -0.39 is 11.6 Å². The molecule has 0 aliphatic heterocycles. The summed E-state index contributed by atoms with van der Waals surface area (Å²) in [5.74, 6) is -1.77. The van der Waals surface area contributed by atoms with Crippen LogP contribution in [0, 0.1) is 25.5 Å². The van der Waals surface area contributed by atoms with E-state index in [0.717, 1.165) is 18.2 Å². The Bertz CT molecular complexity index is 718. The summed E-state index contributed by atoms with van der Waals surface area (Å²) in [6.07, 6.45) is 0. The average Bonchev–Trinajstić information content (AvgIpc) is 2.41. The van der Waals surface area contributed by atoms with Gasteiger partial charge in [-0.15, -0.1) is 0 Å². The first kappa shape index (κ1) is 14.7. The molecule has 0 spiro atoms. The fraction of sp³-hybridized carbons (Fsp3) is 0.143. The molecule has 1 heterocycles. The van der Waals surface area contributed by atoms with E-state index in [2.05, 4.69) is 10.1 Å². The minimum atomic E-state index is -0.728. The highest BCUT2D eigenvalue weighted by Gasteiger charge is 2.16. The van der Waals surface area contributed by atoms with Crippen LogP contribution in [-0.2, 0) is 0 Å². The van der Waals surface area contributed by atoms with Gasteiger partial charge in [-0.1, -0.05) is 5.16 Å². The summed E-state index contributed by atoms with van der Waals surface area (Å²) < 4.78 is 32.2. The molecule has 2 rings (SSSR count). The summed E-state index contributed by atoms with van der Waals surface area (Å²) in [6.45, 7) is 3.34. The second-order valence-electron chi connectivity index (χ2n) is 4.38. The summed E-state index contributed by atoms with van der Waals surface area (Å²) in [6, 6.07) is 4.34. The van der Waals surface area contributed by atoms with E-state index in [-0.39, 0.29) is 22.9 Å². The van der Waals surface area contributed by atoms with E-state index in [9.17, 15) is 8.78 Å². The lowest BCUT2D eigenvalue weighted by molar-refractivity contribution is 0.318. The number of benzene rings is 1. The molecule has 0 bridgehead atoms. The summed E-state index contributed by atoms with van der Waals surface area (Å²) >= 11 is 0. The van der Waals surface area contributed by atoms with E-state index >= 15 is 0 Å². The summed E-state index contributed by atoms with van der Waals surface area (Å²) in [5.41, 5.74) is 6.83. The van der Waals surface area contributed by atoms with Crippen molar-refractivity contribution in [3.8, 4) is 11.5 Å². The fourth-order valence-electron chi connectivity index (χ4n) is 1.91. The average molecular weight is 293 g/mol. The Morgan fingerprint density at radius 3 is 2.62 bits per heavy atom. The normalized spacial score (nSPS) is 11.5. The van der Waals surface area contributed by atoms with Gasteiger partial charge in [0.1, 0.15) is 11.6 Å². The number of rotatable bonds is 3. The minimum Gasteiger partial charge on any atom is -0.453 e. The molecule has 21 heavy (non-hydrogen) atoms. The van der Waals surface area contributed by atoms with Crippen LogP contribution in [0.3, 0.4) is 0 Å². The van der Waals surface area contributed by atoms with Gasteiger partial charge in [0.05, 0.1) is 11.3 Å². The van der Waals surface area contributed by atoms with Crippen molar-refractivity contribution in [2.24, 2.45) is 10.9 Å². The number of nitrogens with zero attached hydrogens (tertiary/aromatic N) is 2. The molecule has 110 valence electrons. The standard InChI is InChI=1S/C14H13F2N3O2/c1-7-5-12(13(8(2)18-7)14(17)19-20)21-11-6-9(15)3-4-10(11)16/h3-6,20H,1-2H3,(H2,17,19). The highest BCUT2D eigenvalue weighted by atomic mass is 19.1. The molecular formula is C14H13F2N3O2. The molecule has 0 saturated heterocycles. The predicted molar refractivity (Wildman–Crippen MR) is 72.7 cm³/mol. The Hall–Kier alpha value is -2.70. The Morgan fingerprint density at radius 2 is 1.95 bits per heavy atom. The first-order chi connectivity index (χ1) is 9.92. The van der Waals surface area contributed by atoms with Crippen LogP contribution in [0.1, 0.15) is 17.0 Å². The molecule has 1 aromatic carbocycles. The predicted octanol–water partition coefficient (Wildman–Crippen LogP) is 2.86. The first-order valence-electron chi connectivity index (χ1n) is 6.01. The largest absolute Gasteiger partial charge is 0.453 e. The zero-order valence-electron chi connectivity index (χ0n) is 11.4. The van der Waals surface area contributed by atoms with Crippen molar-refractivity contribution in [1.29, 1.82) is 0 Å². The van der Waals surface area contributed by atoms with E-state index in [0.29, 0.717) is 11.4 Å². The van der Waals surface area contributed by atoms with E-state index in [1.54, 1.807) is 13.8 Å². The lowest BCUT2D eigenvalue weighted by Crippen LogP contribution is -2.17. The Morgan fingerprint density at radius 1 is 1.24 bits per heavy atom. The third-order valence-electron chi connectivity index (χ3n) is 2.77. The van der Waals surface area contributed by atoms with Gasteiger partial charge in [0.15, 0.2) is 17.4 Å². The number of hydrogen-bond acceptors (Lipinski definition) is 4. The molecule has 0 unspecified atom stereocenters. The molecule has 5 nitrogen and oxygen atoms in total. The summed E-state index contributed by atoms with van der Waals surface area (Å²) in [7, 11) is 0. The number of nitrogens with two attached hydrogens (primary N) is 1. The zero-order valence-corrected chi connectivity index (χ0v) is 11.4. The maximum atomic E-state index is 13.7. The van der Waals surface area contributed by atoms with Gasteiger partial charge in [0, 0.05) is 17.8 Å². The van der Waals surface area contributed by atoms with E-state index in [1.165, 1.54) is 6.07 Å². The molecule has 2 aromatic rings. The molecule has 0 radical (unpaired) electrons. The van der Waals surface area contributed by atoms with E-state index in [4.69, 9.17) is 15.7 Å². The van der Waals surface area contributed by atoms with Crippen LogP contribution < -0.4 is 10.5 Å². The molecule has 0 amide bonds. The van der Waals surface area contributed by atoms with Gasteiger partial charge in [-0.2, -0.15) is 0 Å². The Kier molecular flexibility index (Phi) is 4.02. The third kappa shape index (κ3) is 3.07. The summed E-state index contributed by atoms with van der Waals surface area (Å²) in [4.78, 5) is 4.17. The molecule has 7 heteroatoms. The smallest absolute Gasteiger partial charge is 0.175 e. The van der Waals surface area contributed by atoms with Crippen molar-refractivity contribution < 1.29 is 18.7 Å². The van der Waals surface area contributed by atoms with Gasteiger partial charge in [-0.25, -0.2) is 8.78 Å². The van der Waals surface area contributed by atoms with Gasteiger partial charge in [0.2, 0.25) is 0 Å². The van der Waals surface area contributed by atoms with Crippen LogP contribution in [0.5, 0.6) is 11.5 Å². The second kappa shape index (κ2) is 5.74. The molecular weight excluding hydrogens is 280 g/mol. The number of aryl methyl sites for hydroxylation is 2. The lowest BCUT2D eigenvalue weighted by Gasteiger charge is -2.13. The quantitative estimate of drug-likeness (QED) is 0.394. The second-order valence-corrected chi connectivity index (χ2v) is 4.38. The number of hydrogen-bond donors (Lipinski definition) is 2. The minimum absolute atomic E-state index is 0.125. The Labute approximate surface area is 119 Å². The maximum absolute atomic E-state index is 13.7. The SMILES string of the molecule is Cc1cc(Oc2cc(F)ccc2F)c(/C(N)=N/O)c(C)n1. The highest BCUT2D eigenvalue weighted by Crippen LogP contribution is 2.29. The third-order valence-corrected chi connectivity index (χ3v) is 2.77. The number of pyridine rings is 1. The molecule has 1 aromatic heterocycles. The van der Waals surface area contributed by atoms with Crippen molar-refractivity contribution in [2.75, 3.05) is 0 Å². The van der Waals surface area contributed by atoms with Crippen molar-refractivity contribution in [3.63, 3.8) is 0 Å². The van der Waals surface area contributed by atoms with Crippen molar-refractivity contribution >= 4 is 5.84 Å². The van der Waals surface area contributed by atoms with Crippen LogP contribution in [0.2, 0.25) is 0 Å². The first-order valence-corrected chi connectivity index (χ1v) is 6.01. The highest BCUT2D eigenvalue weighted by molar-refractivity contribution is 6.00. The molecule has 0 atom stereocenters. The Balaban J connectivity index is 2.55. The number of aromatic nitrogens is 1. The molecule has 0 fully saturated rings. The number of amidine groups is 1. The van der Waals surface area contributed by atoms with Crippen molar-refractivity contribution in [3.05, 3.63) is 52.9 Å². The summed E-state index contributed by atoms with van der Waals surface area (Å²) in [5, 5.41) is 11.7. The van der Waals surface area contributed by atoms with Crippen LogP contribution in [0.25, 0.3) is 0 Å². The van der Waals surface area contributed by atoms with Crippen molar-refractivity contribution in [1.82, 2.24) is 4.98 Å². The van der Waals surface area contributed by atoms with Gasteiger partial charge in [-0.3, -0.25) is 4.98 Å². The maximum Gasteiger partial charge on any atom is 0.175 e. The van der Waals surface area contributed by atoms with Crippen LogP contribution in [-0.4, -0.2) is 16.0 Å². The van der Waals surface area contributed by atoms with Crippen molar-refractivity contribution in [2.45, 2.75) is 13.8 Å². The van der Waals surface area contributed by atoms with Gasteiger partial charge >= 0.3 is 0 Å². The van der Waals surface area contributed by atoms with Crippen LogP contribution >= 0.6 is 0 Å². The number of ether oxygens (including phenoxy) is 1. The zero-order chi connectivity index (χ0) is 15.6. The van der Waals surface area contributed by atoms with Gasteiger partial charge in [-0.05, 0) is 26.0 Å².